The number of carboxylic acid groups (broad SMARTS) is 1. The molecule has 19 heavy (non-hydrogen) atoms. The summed E-state index contributed by atoms with van der Waals surface area (Å²) < 4.78 is 11.6. The SMILES string of the molecule is CC(C)CO[P+](S)(OCC(C)C)SCC(C)C(=O)O. The molecule has 0 aliphatic rings. The first-order valence-electron chi connectivity index (χ1n) is 6.44. The zero-order chi connectivity index (χ0) is 15.1. The summed E-state index contributed by atoms with van der Waals surface area (Å²) in [7, 11) is 0. The molecule has 0 bridgehead atoms. The van der Waals surface area contributed by atoms with Crippen molar-refractivity contribution in [3.05, 3.63) is 0 Å². The monoisotopic (exact) mass is 329 g/mol. The van der Waals surface area contributed by atoms with Gasteiger partial charge in [0.15, 0.2) is 0 Å². The predicted molar refractivity (Wildman–Crippen MR) is 86.7 cm³/mol. The van der Waals surface area contributed by atoms with Crippen LogP contribution in [0.1, 0.15) is 34.6 Å². The summed E-state index contributed by atoms with van der Waals surface area (Å²) in [6.07, 6.45) is -2.32. The van der Waals surface area contributed by atoms with Crippen LogP contribution in [-0.4, -0.2) is 30.0 Å². The lowest BCUT2D eigenvalue weighted by molar-refractivity contribution is -0.140. The molecule has 0 aliphatic carbocycles. The van der Waals surface area contributed by atoms with Crippen molar-refractivity contribution in [2.24, 2.45) is 17.8 Å². The molecule has 0 aromatic carbocycles. The Kier molecular flexibility index (Phi) is 9.71. The van der Waals surface area contributed by atoms with E-state index in [0.29, 0.717) is 30.8 Å². The van der Waals surface area contributed by atoms with Crippen LogP contribution < -0.4 is 0 Å². The number of hydrogen-bond donors (Lipinski definition) is 2. The van der Waals surface area contributed by atoms with Gasteiger partial charge in [0.1, 0.15) is 0 Å². The Morgan fingerprint density at radius 1 is 1.16 bits per heavy atom. The molecule has 0 saturated carbocycles. The molecule has 0 fully saturated rings. The van der Waals surface area contributed by atoms with Crippen LogP contribution in [0, 0.1) is 17.8 Å². The predicted octanol–water partition coefficient (Wildman–Crippen LogP) is 4.39. The fourth-order valence-corrected chi connectivity index (χ4v) is 5.68. The maximum Gasteiger partial charge on any atom is 0.392 e. The number of rotatable bonds is 10. The van der Waals surface area contributed by atoms with Crippen LogP contribution in [0.25, 0.3) is 0 Å². The van der Waals surface area contributed by atoms with E-state index in [4.69, 9.17) is 14.2 Å². The van der Waals surface area contributed by atoms with Crippen LogP contribution in [0.2, 0.25) is 0 Å². The maximum absolute atomic E-state index is 10.8. The molecule has 0 spiro atoms. The van der Waals surface area contributed by atoms with E-state index >= 15 is 0 Å². The standard InChI is InChI=1S/C12H25O4PS2/c1-9(2)6-15-17(18,16-7-10(3)4)19-8-11(5)12(13)14/h9-11,18H,6-8H2,1-5H3/p+1. The third kappa shape index (κ3) is 9.97. The molecule has 0 heterocycles. The number of hydrogen-bond acceptors (Lipinski definition) is 5. The Labute approximate surface area is 126 Å². The summed E-state index contributed by atoms with van der Waals surface area (Å²) in [6, 6.07) is 0. The van der Waals surface area contributed by atoms with Crippen LogP contribution in [0.4, 0.5) is 0 Å². The fourth-order valence-electron chi connectivity index (χ4n) is 0.876. The van der Waals surface area contributed by atoms with Gasteiger partial charge in [0.2, 0.25) is 0 Å². The summed E-state index contributed by atoms with van der Waals surface area (Å²) in [6.45, 7) is 11.1. The van der Waals surface area contributed by atoms with Gasteiger partial charge in [-0.3, -0.25) is 4.79 Å². The van der Waals surface area contributed by atoms with Crippen LogP contribution in [0.15, 0.2) is 0 Å². The van der Waals surface area contributed by atoms with Crippen LogP contribution >= 0.6 is 29.8 Å². The van der Waals surface area contributed by atoms with Crippen molar-refractivity contribution in [3.63, 3.8) is 0 Å². The van der Waals surface area contributed by atoms with E-state index in [1.807, 2.05) is 0 Å². The zero-order valence-electron chi connectivity index (χ0n) is 12.3. The summed E-state index contributed by atoms with van der Waals surface area (Å²) in [4.78, 5) is 10.8. The Morgan fingerprint density at radius 3 is 1.89 bits per heavy atom. The molecule has 114 valence electrons. The molecular weight excluding hydrogens is 303 g/mol. The van der Waals surface area contributed by atoms with Gasteiger partial charge in [-0.25, -0.2) is 0 Å². The number of thiol groups is 1. The van der Waals surface area contributed by atoms with Crippen LogP contribution in [0.3, 0.4) is 0 Å². The van der Waals surface area contributed by atoms with Gasteiger partial charge in [-0.1, -0.05) is 34.6 Å². The van der Waals surface area contributed by atoms with Crippen LogP contribution in [-0.2, 0) is 13.8 Å². The Bertz CT molecular complexity index is 262. The largest absolute Gasteiger partial charge is 0.481 e. The van der Waals surface area contributed by atoms with Crippen LogP contribution in [0.5, 0.6) is 0 Å². The fraction of sp³-hybridized carbons (Fsp3) is 0.917. The summed E-state index contributed by atoms with van der Waals surface area (Å²) in [5.74, 6) is 0.00303. The molecule has 0 amide bonds. The van der Waals surface area contributed by atoms with Gasteiger partial charge in [-0.15, -0.1) is 0 Å². The van der Waals surface area contributed by atoms with Gasteiger partial charge >= 0.3 is 12.1 Å². The summed E-state index contributed by atoms with van der Waals surface area (Å²) >= 11 is 5.94. The zero-order valence-corrected chi connectivity index (χ0v) is 14.9. The topological polar surface area (TPSA) is 55.8 Å². The van der Waals surface area contributed by atoms with Crippen molar-refractivity contribution < 1.29 is 18.9 Å². The van der Waals surface area contributed by atoms with Gasteiger partial charge in [0.05, 0.1) is 48.5 Å². The molecular formula is C12H26O4PS2+. The normalized spacial score (nSPS) is 14.1. The smallest absolute Gasteiger partial charge is 0.392 e. The lowest BCUT2D eigenvalue weighted by atomic mass is 10.2. The second kappa shape index (κ2) is 9.46. The van der Waals surface area contributed by atoms with E-state index in [-0.39, 0.29) is 0 Å². The van der Waals surface area contributed by atoms with Crippen molar-refractivity contribution in [2.45, 2.75) is 34.6 Å². The molecule has 1 N–H and O–H groups in total. The van der Waals surface area contributed by atoms with Crippen molar-refractivity contribution in [1.29, 1.82) is 0 Å². The molecule has 0 radical (unpaired) electrons. The van der Waals surface area contributed by atoms with E-state index in [1.54, 1.807) is 6.92 Å². The van der Waals surface area contributed by atoms with Gasteiger partial charge in [0, 0.05) is 0 Å². The first-order chi connectivity index (χ1) is 8.66. The molecule has 0 aromatic heterocycles. The van der Waals surface area contributed by atoms with Gasteiger partial charge < -0.3 is 5.11 Å². The van der Waals surface area contributed by atoms with Crippen molar-refractivity contribution in [3.8, 4) is 0 Å². The highest BCUT2D eigenvalue weighted by atomic mass is 33.1. The van der Waals surface area contributed by atoms with E-state index in [1.165, 1.54) is 11.4 Å². The third-order valence-electron chi connectivity index (χ3n) is 2.05. The second-order valence-corrected chi connectivity index (χ2v) is 12.0. The molecule has 4 nitrogen and oxygen atoms in total. The maximum atomic E-state index is 10.8. The minimum absolute atomic E-state index is 0.395. The quantitative estimate of drug-likeness (QED) is 0.460. The van der Waals surface area contributed by atoms with E-state index in [0.717, 1.165) is 0 Å². The van der Waals surface area contributed by atoms with E-state index in [9.17, 15) is 4.79 Å². The Balaban J connectivity index is 4.42. The van der Waals surface area contributed by atoms with Gasteiger partial charge in [0.25, 0.3) is 0 Å². The molecule has 1 atom stereocenters. The lowest BCUT2D eigenvalue weighted by Gasteiger charge is -2.19. The van der Waals surface area contributed by atoms with E-state index < -0.39 is 18.0 Å². The molecule has 0 rings (SSSR count). The van der Waals surface area contributed by atoms with Crippen molar-refractivity contribution in [1.82, 2.24) is 0 Å². The minimum Gasteiger partial charge on any atom is -0.481 e. The first kappa shape index (κ1) is 19.5. The Morgan fingerprint density at radius 2 is 1.58 bits per heavy atom. The lowest BCUT2D eigenvalue weighted by Crippen LogP contribution is -2.13. The Hall–Kier alpha value is 0.520. The highest BCUT2D eigenvalue weighted by Gasteiger charge is 2.42. The third-order valence-corrected chi connectivity index (χ3v) is 7.77. The molecule has 0 aliphatic heterocycles. The van der Waals surface area contributed by atoms with Crippen molar-refractivity contribution in [2.75, 3.05) is 19.0 Å². The van der Waals surface area contributed by atoms with Gasteiger partial charge in [-0.05, 0) is 11.8 Å². The molecule has 1 unspecified atom stereocenters. The van der Waals surface area contributed by atoms with Crippen molar-refractivity contribution >= 4 is 35.7 Å². The number of aliphatic carboxylic acids is 1. The summed E-state index contributed by atoms with van der Waals surface area (Å²) in [5, 5.41) is 8.91. The second-order valence-electron chi connectivity index (χ2n) is 5.38. The first-order valence-corrected chi connectivity index (χ1v) is 10.8. The number of carboxylic acids is 1. The summed E-state index contributed by atoms with van der Waals surface area (Å²) in [5.41, 5.74) is 0. The minimum atomic E-state index is -2.32. The highest BCUT2D eigenvalue weighted by Crippen LogP contribution is 2.76. The molecule has 0 aromatic rings. The molecule has 7 heteroatoms. The highest BCUT2D eigenvalue weighted by molar-refractivity contribution is 8.87. The average molecular weight is 329 g/mol. The molecule has 0 saturated heterocycles. The average Bonchev–Trinajstić information content (AvgIpc) is 2.31. The van der Waals surface area contributed by atoms with Gasteiger partial charge in [-0.2, -0.15) is 9.05 Å². The number of carbonyl (C=O) groups is 1. The van der Waals surface area contributed by atoms with E-state index in [2.05, 4.69) is 39.9 Å².